The summed E-state index contributed by atoms with van der Waals surface area (Å²) >= 11 is 0.963. The first kappa shape index (κ1) is 23.0. The van der Waals surface area contributed by atoms with Gasteiger partial charge in [-0.05, 0) is 49.1 Å². The second kappa shape index (κ2) is 10.4. The molecule has 5 nitrogen and oxygen atoms in total. The summed E-state index contributed by atoms with van der Waals surface area (Å²) in [6, 6.07) is 7.01. The van der Waals surface area contributed by atoms with Crippen LogP contribution in [0.25, 0.3) is 0 Å². The average Bonchev–Trinajstić information content (AvgIpc) is 2.70. The van der Waals surface area contributed by atoms with Crippen molar-refractivity contribution in [3.63, 3.8) is 0 Å². The normalized spacial score (nSPS) is 17.7. The molecule has 1 saturated carbocycles. The number of alkyl halides is 2. The zero-order valence-corrected chi connectivity index (χ0v) is 16.4. The predicted molar refractivity (Wildman–Crippen MR) is 103 cm³/mol. The van der Waals surface area contributed by atoms with Crippen LogP contribution in [0.1, 0.15) is 25.7 Å². The fraction of sp³-hybridized carbons (Fsp3) is 0.368. The number of aromatic nitrogens is 1. The fourth-order valence-corrected chi connectivity index (χ4v) is 3.15. The van der Waals surface area contributed by atoms with Gasteiger partial charge in [0, 0.05) is 30.6 Å². The summed E-state index contributed by atoms with van der Waals surface area (Å²) in [6.45, 7) is 0. The van der Waals surface area contributed by atoms with Crippen molar-refractivity contribution in [3.8, 4) is 5.75 Å². The molecule has 1 atom stereocenters. The van der Waals surface area contributed by atoms with E-state index in [1.54, 1.807) is 12.1 Å². The number of carbonyl (C=O) groups excluding carboxylic acids is 1. The number of halogens is 4. The largest absolute Gasteiger partial charge is 0.494 e. The number of hydrogen-bond donors (Lipinski definition) is 2. The minimum absolute atomic E-state index is 0.0694. The van der Waals surface area contributed by atoms with Crippen LogP contribution in [0.4, 0.5) is 23.2 Å². The summed E-state index contributed by atoms with van der Waals surface area (Å²) in [4.78, 5) is 15.9. The van der Waals surface area contributed by atoms with Crippen molar-refractivity contribution in [1.29, 1.82) is 0 Å². The monoisotopic (exact) mass is 431 g/mol. The molecule has 1 unspecified atom stereocenters. The Morgan fingerprint density at radius 2 is 2.10 bits per heavy atom. The fourth-order valence-electron chi connectivity index (χ4n) is 2.83. The standard InChI is InChI=1S/C12H15F2N3OS.C7H6F2O/c13-12(14)4-1-2-8(7-12)11(18)17-9-3-5-16-10(6-9)19-15;1-10-6-4-2-3-5(8)7(6)9/h3,5-6,8H,1-2,4,7,15H2,(H,16,17,18);2-4H,1H3. The van der Waals surface area contributed by atoms with E-state index < -0.39 is 23.5 Å². The molecule has 158 valence electrons. The number of rotatable bonds is 4. The number of pyridine rings is 1. The van der Waals surface area contributed by atoms with Gasteiger partial charge in [0.2, 0.25) is 17.6 Å². The summed E-state index contributed by atoms with van der Waals surface area (Å²) in [6.07, 6.45) is 1.90. The maximum absolute atomic E-state index is 13.3. The number of amides is 1. The van der Waals surface area contributed by atoms with E-state index in [1.165, 1.54) is 25.4 Å². The number of carbonyl (C=O) groups is 1. The van der Waals surface area contributed by atoms with Gasteiger partial charge in [-0.1, -0.05) is 6.07 Å². The highest BCUT2D eigenvalue weighted by atomic mass is 32.2. The van der Waals surface area contributed by atoms with E-state index in [0.29, 0.717) is 23.6 Å². The zero-order valence-electron chi connectivity index (χ0n) is 15.6. The second-order valence-corrected chi connectivity index (χ2v) is 7.05. The van der Waals surface area contributed by atoms with E-state index in [0.717, 1.165) is 18.0 Å². The molecule has 1 aromatic heterocycles. The predicted octanol–water partition coefficient (Wildman–Crippen LogP) is 4.78. The van der Waals surface area contributed by atoms with Crippen LogP contribution < -0.4 is 15.2 Å². The minimum atomic E-state index is -2.73. The molecule has 2 aromatic rings. The van der Waals surface area contributed by atoms with Crippen molar-refractivity contribution in [2.45, 2.75) is 36.6 Å². The van der Waals surface area contributed by atoms with Crippen molar-refractivity contribution >= 4 is 23.5 Å². The van der Waals surface area contributed by atoms with Gasteiger partial charge in [0.25, 0.3) is 0 Å². The van der Waals surface area contributed by atoms with Crippen LogP contribution in [0, 0.1) is 17.6 Å². The lowest BCUT2D eigenvalue weighted by Gasteiger charge is -2.27. The molecule has 1 amide bonds. The van der Waals surface area contributed by atoms with E-state index in [9.17, 15) is 22.4 Å². The molecule has 3 rings (SSSR count). The summed E-state index contributed by atoms with van der Waals surface area (Å²) < 4.78 is 55.8. The van der Waals surface area contributed by atoms with Crippen molar-refractivity contribution < 1.29 is 27.1 Å². The topological polar surface area (TPSA) is 77.2 Å². The Labute approximate surface area is 170 Å². The van der Waals surface area contributed by atoms with Gasteiger partial charge in [0.05, 0.1) is 7.11 Å². The maximum atomic E-state index is 13.3. The van der Waals surface area contributed by atoms with Crippen molar-refractivity contribution in [3.05, 3.63) is 48.2 Å². The first-order valence-corrected chi connectivity index (χ1v) is 9.63. The molecular formula is C19H21F4N3O2S. The quantitative estimate of drug-likeness (QED) is 0.538. The van der Waals surface area contributed by atoms with Gasteiger partial charge >= 0.3 is 0 Å². The molecule has 0 aliphatic heterocycles. The molecule has 3 N–H and O–H groups in total. The van der Waals surface area contributed by atoms with Gasteiger partial charge in [-0.2, -0.15) is 4.39 Å². The van der Waals surface area contributed by atoms with Gasteiger partial charge < -0.3 is 10.1 Å². The third-order valence-electron chi connectivity index (χ3n) is 4.27. The molecule has 0 radical (unpaired) electrons. The van der Waals surface area contributed by atoms with Crippen molar-refractivity contribution in [2.24, 2.45) is 11.1 Å². The Hall–Kier alpha value is -2.33. The lowest BCUT2D eigenvalue weighted by Crippen LogP contribution is -2.33. The maximum Gasteiger partial charge on any atom is 0.248 e. The number of nitrogens with two attached hydrogens (primary N) is 1. The van der Waals surface area contributed by atoms with Crippen LogP contribution in [0.3, 0.4) is 0 Å². The number of benzene rings is 1. The lowest BCUT2D eigenvalue weighted by molar-refractivity contribution is -0.127. The smallest absolute Gasteiger partial charge is 0.248 e. The van der Waals surface area contributed by atoms with Crippen molar-refractivity contribution in [2.75, 3.05) is 12.4 Å². The molecule has 1 heterocycles. The van der Waals surface area contributed by atoms with Crippen molar-refractivity contribution in [1.82, 2.24) is 4.98 Å². The Kier molecular flexibility index (Phi) is 8.27. The third-order valence-corrected chi connectivity index (χ3v) is 4.73. The summed E-state index contributed by atoms with van der Waals surface area (Å²) in [5, 5.41) is 8.57. The molecule has 0 spiro atoms. The molecule has 29 heavy (non-hydrogen) atoms. The first-order chi connectivity index (χ1) is 13.8. The highest BCUT2D eigenvalue weighted by Gasteiger charge is 2.39. The van der Waals surface area contributed by atoms with Gasteiger partial charge in [-0.3, -0.25) is 9.93 Å². The third kappa shape index (κ3) is 6.90. The molecule has 1 aromatic carbocycles. The number of hydrogen-bond acceptors (Lipinski definition) is 5. The molecule has 10 heteroatoms. The molecule has 1 aliphatic carbocycles. The molecule has 1 fully saturated rings. The number of anilines is 1. The number of nitrogens with zero attached hydrogens (tertiary/aromatic N) is 1. The van der Waals surface area contributed by atoms with Gasteiger partial charge in [-0.25, -0.2) is 18.2 Å². The number of nitrogens with one attached hydrogen (secondary N) is 1. The summed E-state index contributed by atoms with van der Waals surface area (Å²) in [7, 11) is 1.29. The Morgan fingerprint density at radius 1 is 1.34 bits per heavy atom. The SMILES string of the molecule is COc1cccc(F)c1F.NSc1cc(NC(=O)C2CCCC(F)(F)C2)ccn1. The van der Waals surface area contributed by atoms with Gasteiger partial charge in [0.1, 0.15) is 5.03 Å². The molecule has 0 saturated heterocycles. The van der Waals surface area contributed by atoms with E-state index in [4.69, 9.17) is 5.14 Å². The molecular weight excluding hydrogens is 410 g/mol. The number of ether oxygens (including phenoxy) is 1. The highest BCUT2D eigenvalue weighted by molar-refractivity contribution is 7.97. The summed E-state index contributed by atoms with van der Waals surface area (Å²) in [5.74, 6) is -5.62. The average molecular weight is 431 g/mol. The minimum Gasteiger partial charge on any atom is -0.494 e. The Morgan fingerprint density at radius 3 is 2.72 bits per heavy atom. The van der Waals surface area contributed by atoms with Gasteiger partial charge in [0.15, 0.2) is 11.6 Å². The summed E-state index contributed by atoms with van der Waals surface area (Å²) in [5.41, 5.74) is 0.529. The zero-order chi connectivity index (χ0) is 21.4. The second-order valence-electron chi connectivity index (χ2n) is 6.40. The van der Waals surface area contributed by atoms with Crippen LogP contribution in [0.2, 0.25) is 0 Å². The van der Waals surface area contributed by atoms with Crippen LogP contribution in [-0.4, -0.2) is 23.9 Å². The Balaban J connectivity index is 0.000000253. The molecule has 1 aliphatic rings. The van der Waals surface area contributed by atoms with E-state index in [2.05, 4.69) is 15.0 Å². The van der Waals surface area contributed by atoms with Gasteiger partial charge in [-0.15, -0.1) is 0 Å². The lowest BCUT2D eigenvalue weighted by atomic mass is 9.86. The first-order valence-electron chi connectivity index (χ1n) is 8.75. The van der Waals surface area contributed by atoms with Crippen LogP contribution >= 0.6 is 11.9 Å². The van der Waals surface area contributed by atoms with Crippen LogP contribution in [0.5, 0.6) is 5.75 Å². The van der Waals surface area contributed by atoms with E-state index >= 15 is 0 Å². The highest BCUT2D eigenvalue weighted by Crippen LogP contribution is 2.37. The van der Waals surface area contributed by atoms with E-state index in [-0.39, 0.29) is 24.5 Å². The number of methoxy groups -OCH3 is 1. The Bertz CT molecular complexity index is 839. The van der Waals surface area contributed by atoms with E-state index in [1.807, 2.05) is 0 Å². The van der Waals surface area contributed by atoms with Crippen LogP contribution in [-0.2, 0) is 4.79 Å². The van der Waals surface area contributed by atoms with Crippen LogP contribution in [0.15, 0.2) is 41.6 Å². The molecule has 0 bridgehead atoms.